The number of carbonyl (C=O) groups is 2. The van der Waals surface area contributed by atoms with E-state index < -0.39 is 58.9 Å². The highest BCUT2D eigenvalue weighted by molar-refractivity contribution is 7.83. The maximum absolute atomic E-state index is 13.6. The van der Waals surface area contributed by atoms with Crippen molar-refractivity contribution in [2.24, 2.45) is 0 Å². The lowest BCUT2D eigenvalue weighted by Crippen LogP contribution is -2.57. The van der Waals surface area contributed by atoms with Gasteiger partial charge in [-0.1, -0.05) is 72.8 Å². The van der Waals surface area contributed by atoms with Gasteiger partial charge in [0, 0.05) is 0 Å². The van der Waals surface area contributed by atoms with Crippen molar-refractivity contribution < 1.29 is 37.5 Å². The normalized spacial score (nSPS) is 20.4. The molecule has 228 valence electrons. The van der Waals surface area contributed by atoms with Crippen LogP contribution in [0.2, 0.25) is 0 Å². The first-order valence-corrected chi connectivity index (χ1v) is 14.9. The first kappa shape index (κ1) is 33.2. The van der Waals surface area contributed by atoms with Crippen molar-refractivity contribution in [3.63, 3.8) is 0 Å². The van der Waals surface area contributed by atoms with E-state index in [0.29, 0.717) is 11.3 Å². The highest BCUT2D eigenvalue weighted by atomic mass is 32.2. The molecule has 9 nitrogen and oxygen atoms in total. The average molecular weight is 600 g/mol. The van der Waals surface area contributed by atoms with E-state index in [1.807, 2.05) is 61.5 Å². The Morgan fingerprint density at radius 1 is 1.10 bits per heavy atom. The van der Waals surface area contributed by atoms with E-state index in [4.69, 9.17) is 23.7 Å². The molecule has 1 fully saturated rings. The third-order valence-corrected chi connectivity index (χ3v) is 7.23. The number of ether oxygens (including phenoxy) is 5. The summed E-state index contributed by atoms with van der Waals surface area (Å²) in [4.78, 5) is 26.7. The third-order valence-electron chi connectivity index (χ3n) is 6.05. The molecule has 10 heteroatoms. The van der Waals surface area contributed by atoms with E-state index in [0.717, 1.165) is 11.1 Å². The summed E-state index contributed by atoms with van der Waals surface area (Å²) in [5.41, 5.74) is 1.10. The molecule has 1 saturated heterocycles. The molecule has 1 aliphatic heterocycles. The molecule has 0 bridgehead atoms. The molecule has 2 aromatic rings. The van der Waals surface area contributed by atoms with Crippen molar-refractivity contribution >= 4 is 29.2 Å². The van der Waals surface area contributed by atoms with Gasteiger partial charge in [0.05, 0.1) is 17.0 Å². The van der Waals surface area contributed by atoms with E-state index in [1.54, 1.807) is 46.8 Å². The Balaban J connectivity index is 2.00. The zero-order valence-electron chi connectivity index (χ0n) is 25.0. The minimum absolute atomic E-state index is 0.127. The summed E-state index contributed by atoms with van der Waals surface area (Å²) in [6.07, 6.45) is 1.48. The van der Waals surface area contributed by atoms with Crippen molar-refractivity contribution in [2.45, 2.75) is 88.6 Å². The van der Waals surface area contributed by atoms with Crippen LogP contribution in [0.5, 0.6) is 0 Å². The lowest BCUT2D eigenvalue weighted by Gasteiger charge is -2.32. The second kappa shape index (κ2) is 14.7. The molecule has 1 N–H and O–H groups in total. The summed E-state index contributed by atoms with van der Waals surface area (Å²) in [5.74, 6) is -1.94. The first-order chi connectivity index (χ1) is 19.8. The molecule has 5 atom stereocenters. The molecule has 0 saturated carbocycles. The van der Waals surface area contributed by atoms with Crippen LogP contribution in [0.15, 0.2) is 78.2 Å². The zero-order valence-corrected chi connectivity index (χ0v) is 25.8. The molecule has 0 radical (unpaired) electrons. The minimum atomic E-state index is -1.83. The van der Waals surface area contributed by atoms with Crippen LogP contribution < -0.4 is 4.72 Å². The molecule has 1 heterocycles. The Kier molecular flexibility index (Phi) is 11.6. The number of aryl methyl sites for hydroxylation is 1. The standard InChI is InChI=1S/C32H41NO8S/c1-8-21-37-29(34)28(38-30(35)41-31(3,4)5)26(33-42(36)24-19-17-22(2)18-20-24)27-25(39-32(6,7)40-27)16-12-15-23-13-10-9-11-14-23/h8-15,17-20,25-28,33H,1,16,21H2,2-7H3/b15-12+/t25-,26?,27+,28?,42?/m0/s1. The second-order valence-corrected chi connectivity index (χ2v) is 12.6. The Labute approximate surface area is 250 Å². The predicted octanol–water partition coefficient (Wildman–Crippen LogP) is 5.65. The van der Waals surface area contributed by atoms with E-state index in [2.05, 4.69) is 11.3 Å². The largest absolute Gasteiger partial charge is 0.509 e. The average Bonchev–Trinajstić information content (AvgIpc) is 3.22. The quantitative estimate of drug-likeness (QED) is 0.246. The number of carbonyl (C=O) groups excluding carboxylic acids is 2. The van der Waals surface area contributed by atoms with Gasteiger partial charge in [-0.2, -0.15) is 0 Å². The molecule has 3 rings (SSSR count). The van der Waals surface area contributed by atoms with Gasteiger partial charge in [-0.3, -0.25) is 0 Å². The van der Waals surface area contributed by atoms with Crippen molar-refractivity contribution in [1.29, 1.82) is 0 Å². The summed E-state index contributed by atoms with van der Waals surface area (Å²) in [6, 6.07) is 15.7. The Bertz CT molecular complexity index is 1250. The number of nitrogens with one attached hydrogen (secondary N) is 1. The molecular formula is C32H41NO8S. The first-order valence-electron chi connectivity index (χ1n) is 13.8. The molecule has 42 heavy (non-hydrogen) atoms. The smallest absolute Gasteiger partial charge is 0.459 e. The van der Waals surface area contributed by atoms with Crippen LogP contribution in [0, 0.1) is 6.92 Å². The van der Waals surface area contributed by atoms with Gasteiger partial charge in [0.2, 0.25) is 6.10 Å². The van der Waals surface area contributed by atoms with Crippen molar-refractivity contribution in [2.75, 3.05) is 6.61 Å². The fourth-order valence-corrected chi connectivity index (χ4v) is 5.30. The lowest BCUT2D eigenvalue weighted by molar-refractivity contribution is -0.165. The maximum atomic E-state index is 13.6. The van der Waals surface area contributed by atoms with Gasteiger partial charge in [0.25, 0.3) is 0 Å². The highest BCUT2D eigenvalue weighted by Gasteiger charge is 2.51. The summed E-state index contributed by atoms with van der Waals surface area (Å²) >= 11 is 0. The van der Waals surface area contributed by atoms with Crippen LogP contribution in [0.1, 0.15) is 52.2 Å². The van der Waals surface area contributed by atoms with E-state index >= 15 is 0 Å². The third kappa shape index (κ3) is 10.2. The number of hydrogen-bond acceptors (Lipinski definition) is 8. The summed E-state index contributed by atoms with van der Waals surface area (Å²) in [5, 5.41) is 0. The fourth-order valence-electron chi connectivity index (χ4n) is 4.28. The number of hydrogen-bond donors (Lipinski definition) is 1. The number of rotatable bonds is 12. The fraction of sp³-hybridized carbons (Fsp3) is 0.438. The Morgan fingerprint density at radius 3 is 2.38 bits per heavy atom. The number of esters is 1. The SMILES string of the molecule is C=CCOC(=O)C(OC(=O)OC(C)(C)C)C(NS(=O)c1ccc(C)cc1)[C@@H]1OC(C)(C)O[C@H]1C/C=C/c1ccccc1. The molecule has 0 amide bonds. The van der Waals surface area contributed by atoms with Gasteiger partial charge in [-0.05, 0) is 65.7 Å². The van der Waals surface area contributed by atoms with Gasteiger partial charge in [-0.15, -0.1) is 0 Å². The lowest BCUT2D eigenvalue weighted by atomic mass is 9.98. The summed E-state index contributed by atoms with van der Waals surface area (Å²) < 4.78 is 45.3. The highest BCUT2D eigenvalue weighted by Crippen LogP contribution is 2.34. The van der Waals surface area contributed by atoms with E-state index in [1.165, 1.54) is 6.08 Å². The van der Waals surface area contributed by atoms with E-state index in [-0.39, 0.29) is 6.61 Å². The van der Waals surface area contributed by atoms with E-state index in [9.17, 15) is 13.8 Å². The Hall–Kier alpha value is -3.31. The van der Waals surface area contributed by atoms with Crippen molar-refractivity contribution in [1.82, 2.24) is 4.72 Å². The predicted molar refractivity (Wildman–Crippen MR) is 161 cm³/mol. The van der Waals surface area contributed by atoms with Gasteiger partial charge >= 0.3 is 12.1 Å². The molecule has 0 spiro atoms. The second-order valence-electron chi connectivity index (χ2n) is 11.3. The molecule has 3 unspecified atom stereocenters. The molecule has 0 aliphatic carbocycles. The van der Waals surface area contributed by atoms with Crippen LogP contribution >= 0.6 is 0 Å². The van der Waals surface area contributed by atoms with Gasteiger partial charge < -0.3 is 23.7 Å². The van der Waals surface area contributed by atoms with Crippen molar-refractivity contribution in [3.05, 3.63) is 84.5 Å². The van der Waals surface area contributed by atoms with Gasteiger partial charge in [0.15, 0.2) is 5.79 Å². The topological polar surface area (TPSA) is 109 Å². The van der Waals surface area contributed by atoms with Crippen LogP contribution in [0.4, 0.5) is 4.79 Å². The Morgan fingerprint density at radius 2 is 1.76 bits per heavy atom. The summed E-state index contributed by atoms with van der Waals surface area (Å²) in [7, 11) is -1.83. The minimum Gasteiger partial charge on any atom is -0.459 e. The molecule has 0 aromatic heterocycles. The van der Waals surface area contributed by atoms with Crippen LogP contribution in [-0.2, 0) is 39.5 Å². The molecule has 2 aromatic carbocycles. The van der Waals surface area contributed by atoms with Crippen LogP contribution in [-0.4, -0.2) is 58.7 Å². The van der Waals surface area contributed by atoms with Crippen LogP contribution in [0.3, 0.4) is 0 Å². The van der Waals surface area contributed by atoms with Gasteiger partial charge in [-0.25, -0.2) is 18.5 Å². The molecule has 1 aliphatic rings. The monoisotopic (exact) mass is 599 g/mol. The van der Waals surface area contributed by atoms with Crippen molar-refractivity contribution in [3.8, 4) is 0 Å². The zero-order chi connectivity index (χ0) is 30.9. The summed E-state index contributed by atoms with van der Waals surface area (Å²) in [6.45, 7) is 13.9. The maximum Gasteiger partial charge on any atom is 0.509 e. The van der Waals surface area contributed by atoms with Gasteiger partial charge in [0.1, 0.15) is 29.3 Å². The van der Waals surface area contributed by atoms with Crippen LogP contribution in [0.25, 0.3) is 6.08 Å². The molecular weight excluding hydrogens is 558 g/mol. The number of benzene rings is 2.